The molecule has 0 aliphatic rings. The lowest BCUT2D eigenvalue weighted by Crippen LogP contribution is -2.02. The van der Waals surface area contributed by atoms with Gasteiger partial charge in [-0.3, -0.25) is 4.98 Å². The van der Waals surface area contributed by atoms with Crippen molar-refractivity contribution in [2.75, 3.05) is 11.9 Å². The van der Waals surface area contributed by atoms with Gasteiger partial charge in [-0.15, -0.1) is 10.2 Å². The molecule has 0 atom stereocenters. The topological polar surface area (TPSA) is 112 Å². The van der Waals surface area contributed by atoms with E-state index in [1.54, 1.807) is 6.20 Å². The largest absolute Gasteiger partial charge is 0.493 e. The molecule has 8 nitrogen and oxygen atoms in total. The van der Waals surface area contributed by atoms with Gasteiger partial charge >= 0.3 is 0 Å². The van der Waals surface area contributed by atoms with Crippen molar-refractivity contribution in [3.63, 3.8) is 0 Å². The number of pyridine rings is 1. The number of anilines is 1. The first-order valence-corrected chi connectivity index (χ1v) is 7.58. The third-order valence-electron chi connectivity index (χ3n) is 3.30. The van der Waals surface area contributed by atoms with E-state index in [1.807, 2.05) is 48.5 Å². The van der Waals surface area contributed by atoms with Crippen LogP contribution >= 0.6 is 0 Å². The van der Waals surface area contributed by atoms with Gasteiger partial charge < -0.3 is 10.1 Å². The fourth-order valence-corrected chi connectivity index (χ4v) is 2.05. The number of nitrogens with one attached hydrogen (secondary N) is 2. The number of rotatable bonds is 7. The van der Waals surface area contributed by atoms with Gasteiger partial charge in [0.1, 0.15) is 17.4 Å². The molecule has 0 unspecified atom stereocenters. The molecule has 1 aromatic carbocycles. The zero-order valence-electron chi connectivity index (χ0n) is 13.3. The van der Waals surface area contributed by atoms with Crippen molar-refractivity contribution < 1.29 is 4.74 Å². The predicted molar refractivity (Wildman–Crippen MR) is 91.3 cm³/mol. The van der Waals surface area contributed by atoms with Gasteiger partial charge in [0, 0.05) is 30.2 Å². The number of benzene rings is 1. The highest BCUT2D eigenvalue weighted by molar-refractivity contribution is 5.74. The van der Waals surface area contributed by atoms with E-state index < -0.39 is 0 Å². The molecule has 3 rings (SSSR count). The summed E-state index contributed by atoms with van der Waals surface area (Å²) in [6.45, 7) is 0.556. The SMILES string of the molecule is N#CC(=CNc1ccc(OCCc2ccccn2)cc1)c1nn[nH]n1. The lowest BCUT2D eigenvalue weighted by Gasteiger charge is -2.07. The second-order valence-corrected chi connectivity index (χ2v) is 4.99. The minimum atomic E-state index is 0.240. The van der Waals surface area contributed by atoms with Crippen LogP contribution in [-0.4, -0.2) is 32.2 Å². The van der Waals surface area contributed by atoms with Crippen LogP contribution in [0.5, 0.6) is 5.75 Å². The molecule has 0 saturated heterocycles. The van der Waals surface area contributed by atoms with Crippen LogP contribution in [0.25, 0.3) is 5.57 Å². The third kappa shape index (κ3) is 4.62. The summed E-state index contributed by atoms with van der Waals surface area (Å²) >= 11 is 0. The van der Waals surface area contributed by atoms with Crippen molar-refractivity contribution in [3.8, 4) is 11.8 Å². The number of hydrogen-bond acceptors (Lipinski definition) is 7. The first-order chi connectivity index (χ1) is 12.3. The van der Waals surface area contributed by atoms with Crippen LogP contribution in [0.1, 0.15) is 11.5 Å². The summed E-state index contributed by atoms with van der Waals surface area (Å²) in [5, 5.41) is 25.4. The highest BCUT2D eigenvalue weighted by atomic mass is 16.5. The summed E-state index contributed by atoms with van der Waals surface area (Å²) in [6, 6.07) is 15.3. The molecule has 2 N–H and O–H groups in total. The van der Waals surface area contributed by atoms with Crippen LogP contribution in [0.3, 0.4) is 0 Å². The number of H-pyrrole nitrogens is 1. The minimum absolute atomic E-state index is 0.240. The Morgan fingerprint density at radius 3 is 2.80 bits per heavy atom. The molecule has 0 fully saturated rings. The van der Waals surface area contributed by atoms with Gasteiger partial charge in [-0.2, -0.15) is 10.5 Å². The van der Waals surface area contributed by atoms with Gasteiger partial charge in [-0.05, 0) is 41.6 Å². The molecule has 0 amide bonds. The molecule has 0 aliphatic heterocycles. The van der Waals surface area contributed by atoms with Gasteiger partial charge in [0.05, 0.1) is 6.61 Å². The van der Waals surface area contributed by atoms with Crippen molar-refractivity contribution in [1.29, 1.82) is 5.26 Å². The van der Waals surface area contributed by atoms with Crippen LogP contribution in [-0.2, 0) is 6.42 Å². The Kier molecular flexibility index (Phi) is 5.30. The monoisotopic (exact) mass is 333 g/mol. The smallest absolute Gasteiger partial charge is 0.216 e. The Balaban J connectivity index is 1.53. The predicted octanol–water partition coefficient (Wildman–Crippen LogP) is 2.19. The zero-order valence-corrected chi connectivity index (χ0v) is 13.3. The van der Waals surface area contributed by atoms with E-state index in [9.17, 15) is 0 Å². The molecule has 2 aromatic heterocycles. The minimum Gasteiger partial charge on any atom is -0.493 e. The van der Waals surface area contributed by atoms with E-state index in [-0.39, 0.29) is 11.4 Å². The molecular weight excluding hydrogens is 318 g/mol. The number of nitriles is 1. The second-order valence-electron chi connectivity index (χ2n) is 4.99. The number of aromatic nitrogens is 5. The van der Waals surface area contributed by atoms with Crippen LogP contribution in [0.15, 0.2) is 54.9 Å². The molecule has 0 spiro atoms. The summed E-state index contributed by atoms with van der Waals surface area (Å²) < 4.78 is 5.70. The summed E-state index contributed by atoms with van der Waals surface area (Å²) in [4.78, 5) is 4.25. The summed E-state index contributed by atoms with van der Waals surface area (Å²) in [5.41, 5.74) is 2.09. The number of nitrogens with zero attached hydrogens (tertiary/aromatic N) is 5. The Bertz CT molecular complexity index is 852. The molecule has 3 aromatic rings. The molecular formula is C17H15N7O. The molecule has 25 heavy (non-hydrogen) atoms. The maximum atomic E-state index is 9.11. The maximum absolute atomic E-state index is 9.11. The highest BCUT2D eigenvalue weighted by Crippen LogP contribution is 2.17. The Morgan fingerprint density at radius 2 is 2.12 bits per heavy atom. The van der Waals surface area contributed by atoms with Gasteiger partial charge in [-0.25, -0.2) is 0 Å². The quantitative estimate of drug-likeness (QED) is 0.637. The first kappa shape index (κ1) is 16.1. The third-order valence-corrected chi connectivity index (χ3v) is 3.30. The van der Waals surface area contributed by atoms with Crippen molar-refractivity contribution in [1.82, 2.24) is 25.6 Å². The van der Waals surface area contributed by atoms with Crippen molar-refractivity contribution >= 4 is 11.3 Å². The molecule has 8 heteroatoms. The molecule has 0 radical (unpaired) electrons. The van der Waals surface area contributed by atoms with E-state index in [4.69, 9.17) is 10.00 Å². The Labute approximate surface area is 144 Å². The van der Waals surface area contributed by atoms with Crippen LogP contribution in [0.4, 0.5) is 5.69 Å². The number of allylic oxidation sites excluding steroid dienone is 1. The van der Waals surface area contributed by atoms with E-state index >= 15 is 0 Å². The normalized spacial score (nSPS) is 10.9. The van der Waals surface area contributed by atoms with Gasteiger partial charge in [0.2, 0.25) is 5.82 Å². The summed E-state index contributed by atoms with van der Waals surface area (Å²) in [7, 11) is 0. The summed E-state index contributed by atoms with van der Waals surface area (Å²) in [6.07, 6.45) is 4.05. The zero-order chi connectivity index (χ0) is 17.3. The van der Waals surface area contributed by atoms with Gasteiger partial charge in [0.25, 0.3) is 0 Å². The van der Waals surface area contributed by atoms with Crippen molar-refractivity contribution in [3.05, 3.63) is 66.4 Å². The fraction of sp³-hybridized carbons (Fsp3) is 0.118. The molecule has 0 aliphatic carbocycles. The Hall–Kier alpha value is -3.73. The standard InChI is InChI=1S/C17H15N7O/c18-11-13(17-21-23-24-22-17)12-20-15-4-6-16(7-5-15)25-10-8-14-3-1-2-9-19-14/h1-7,9,12,20H,8,10H2,(H,21,22,23,24). The van der Waals surface area contributed by atoms with E-state index in [1.165, 1.54) is 6.20 Å². The van der Waals surface area contributed by atoms with Crippen LogP contribution < -0.4 is 10.1 Å². The highest BCUT2D eigenvalue weighted by Gasteiger charge is 2.05. The average molecular weight is 333 g/mol. The fourth-order valence-electron chi connectivity index (χ4n) is 2.05. The van der Waals surface area contributed by atoms with Gasteiger partial charge in [0.15, 0.2) is 0 Å². The van der Waals surface area contributed by atoms with Crippen LogP contribution in [0, 0.1) is 11.3 Å². The second kappa shape index (κ2) is 8.21. The number of hydrogen-bond donors (Lipinski definition) is 2. The van der Waals surface area contributed by atoms with E-state index in [0.717, 1.165) is 23.6 Å². The number of ether oxygens (including phenoxy) is 1. The molecule has 2 heterocycles. The van der Waals surface area contributed by atoms with Crippen LogP contribution in [0.2, 0.25) is 0 Å². The number of tetrazole rings is 1. The first-order valence-electron chi connectivity index (χ1n) is 7.58. The number of aromatic amines is 1. The maximum Gasteiger partial charge on any atom is 0.216 e. The lowest BCUT2D eigenvalue weighted by atomic mass is 10.2. The summed E-state index contributed by atoms with van der Waals surface area (Å²) in [5.74, 6) is 1.01. The molecule has 0 saturated carbocycles. The van der Waals surface area contributed by atoms with Crippen molar-refractivity contribution in [2.24, 2.45) is 0 Å². The lowest BCUT2D eigenvalue weighted by molar-refractivity contribution is 0.320. The average Bonchev–Trinajstić information content (AvgIpc) is 3.19. The van der Waals surface area contributed by atoms with Gasteiger partial charge in [-0.1, -0.05) is 6.07 Å². The molecule has 124 valence electrons. The van der Waals surface area contributed by atoms with E-state index in [0.29, 0.717) is 6.61 Å². The molecule has 0 bridgehead atoms. The van der Waals surface area contributed by atoms with Crippen molar-refractivity contribution in [2.45, 2.75) is 6.42 Å². The Morgan fingerprint density at radius 1 is 1.24 bits per heavy atom. The van der Waals surface area contributed by atoms with E-state index in [2.05, 4.69) is 30.9 Å².